The zero-order valence-corrected chi connectivity index (χ0v) is 9.53. The van der Waals surface area contributed by atoms with Crippen molar-refractivity contribution >= 4 is 17.9 Å². The summed E-state index contributed by atoms with van der Waals surface area (Å²) in [5, 5.41) is 19.6. The molecule has 0 bridgehead atoms. The molecule has 1 aromatic rings. The van der Waals surface area contributed by atoms with Crippen molar-refractivity contribution < 1.29 is 24.4 Å². The summed E-state index contributed by atoms with van der Waals surface area (Å²) in [4.78, 5) is 31.4. The van der Waals surface area contributed by atoms with Crippen molar-refractivity contribution in [2.24, 2.45) is 0 Å². The van der Waals surface area contributed by atoms with E-state index in [-0.39, 0.29) is 23.4 Å². The van der Waals surface area contributed by atoms with Gasteiger partial charge in [0.15, 0.2) is 11.9 Å². The summed E-state index contributed by atoms with van der Waals surface area (Å²) < 4.78 is 5.06. The number of carbonyl (C=O) groups is 2. The Morgan fingerprint density at radius 3 is 2.72 bits per heavy atom. The van der Waals surface area contributed by atoms with Gasteiger partial charge in [-0.3, -0.25) is 14.9 Å². The van der Waals surface area contributed by atoms with Gasteiger partial charge in [0.1, 0.15) is 6.29 Å². The minimum absolute atomic E-state index is 0.151. The minimum atomic E-state index is -1.22. The van der Waals surface area contributed by atoms with E-state index >= 15 is 0 Å². The average Bonchev–Trinajstić information content (AvgIpc) is 2.34. The number of carboxylic acid groups (broad SMARTS) is 1. The Hall–Kier alpha value is -2.44. The van der Waals surface area contributed by atoms with E-state index in [2.05, 4.69) is 0 Å². The molecule has 0 aliphatic rings. The van der Waals surface area contributed by atoms with Gasteiger partial charge in [-0.2, -0.15) is 0 Å². The number of ether oxygens (including phenoxy) is 1. The second kappa shape index (κ2) is 5.76. The molecular weight excluding hydrogens is 242 g/mol. The fourth-order valence-electron chi connectivity index (χ4n) is 1.31. The molecule has 0 aliphatic carbocycles. The molecule has 0 heterocycles. The monoisotopic (exact) mass is 253 g/mol. The first-order chi connectivity index (χ1) is 8.49. The van der Waals surface area contributed by atoms with E-state index in [0.717, 1.165) is 12.1 Å². The number of carboxylic acids is 1. The van der Waals surface area contributed by atoms with Crippen LogP contribution in [-0.4, -0.2) is 28.4 Å². The van der Waals surface area contributed by atoms with Crippen LogP contribution in [0.4, 0.5) is 5.69 Å². The first-order valence-corrected chi connectivity index (χ1v) is 5.12. The maximum absolute atomic E-state index is 10.8. The van der Waals surface area contributed by atoms with Gasteiger partial charge >= 0.3 is 11.7 Å². The smallest absolute Gasteiger partial charge is 0.344 e. The number of nitro benzene ring substituents is 1. The van der Waals surface area contributed by atoms with E-state index in [4.69, 9.17) is 9.84 Å². The number of nitro groups is 1. The molecule has 1 atom stereocenters. The van der Waals surface area contributed by atoms with Gasteiger partial charge in [0.25, 0.3) is 0 Å². The standard InChI is InChI=1S/C11H11NO6/c1-2-9(11(14)15)18-10-5-7(6-13)3-4-8(10)12(16)17/h3-6,9H,2H2,1H3,(H,14,15). The average molecular weight is 253 g/mol. The van der Waals surface area contributed by atoms with E-state index in [1.165, 1.54) is 6.07 Å². The molecule has 0 amide bonds. The summed E-state index contributed by atoms with van der Waals surface area (Å²) in [6.07, 6.45) is -0.540. The third-order valence-corrected chi connectivity index (χ3v) is 2.23. The van der Waals surface area contributed by atoms with Gasteiger partial charge in [-0.15, -0.1) is 0 Å². The molecule has 18 heavy (non-hydrogen) atoms. The number of nitrogens with zero attached hydrogens (tertiary/aromatic N) is 1. The van der Waals surface area contributed by atoms with Crippen molar-refractivity contribution in [2.45, 2.75) is 19.4 Å². The molecule has 0 aromatic heterocycles. The Balaban J connectivity index is 3.14. The fourth-order valence-corrected chi connectivity index (χ4v) is 1.31. The molecule has 7 heteroatoms. The Kier molecular flexibility index (Phi) is 4.36. The molecule has 0 aliphatic heterocycles. The number of carbonyl (C=O) groups excluding carboxylic acids is 1. The van der Waals surface area contributed by atoms with E-state index < -0.39 is 17.0 Å². The molecule has 0 saturated carbocycles. The quantitative estimate of drug-likeness (QED) is 0.469. The normalized spacial score (nSPS) is 11.6. The highest BCUT2D eigenvalue weighted by Gasteiger charge is 2.23. The van der Waals surface area contributed by atoms with Gasteiger partial charge in [-0.1, -0.05) is 6.92 Å². The Labute approximate surface area is 102 Å². The topological polar surface area (TPSA) is 107 Å². The molecule has 0 spiro atoms. The number of hydrogen-bond donors (Lipinski definition) is 1. The zero-order chi connectivity index (χ0) is 13.7. The van der Waals surface area contributed by atoms with Crippen LogP contribution < -0.4 is 4.74 Å². The molecular formula is C11H11NO6. The van der Waals surface area contributed by atoms with Crippen LogP contribution in [0.15, 0.2) is 18.2 Å². The summed E-state index contributed by atoms with van der Waals surface area (Å²) in [5.74, 6) is -1.44. The first-order valence-electron chi connectivity index (χ1n) is 5.12. The van der Waals surface area contributed by atoms with Crippen molar-refractivity contribution in [2.75, 3.05) is 0 Å². The SMILES string of the molecule is CCC(Oc1cc(C=O)ccc1[N+](=O)[O-])C(=O)O. The van der Waals surface area contributed by atoms with E-state index in [0.29, 0.717) is 6.29 Å². The number of hydrogen-bond acceptors (Lipinski definition) is 5. The van der Waals surface area contributed by atoms with Crippen molar-refractivity contribution in [3.63, 3.8) is 0 Å². The third-order valence-electron chi connectivity index (χ3n) is 2.23. The van der Waals surface area contributed by atoms with Crippen LogP contribution >= 0.6 is 0 Å². The van der Waals surface area contributed by atoms with Crippen LogP contribution in [0.2, 0.25) is 0 Å². The Morgan fingerprint density at radius 2 is 2.28 bits per heavy atom. The Morgan fingerprint density at radius 1 is 1.61 bits per heavy atom. The number of benzene rings is 1. The van der Waals surface area contributed by atoms with Crippen molar-refractivity contribution in [3.8, 4) is 5.75 Å². The largest absolute Gasteiger partial charge is 0.479 e. The van der Waals surface area contributed by atoms with Gasteiger partial charge in [-0.05, 0) is 18.6 Å². The maximum Gasteiger partial charge on any atom is 0.344 e. The lowest BCUT2D eigenvalue weighted by atomic mass is 10.2. The predicted molar refractivity (Wildman–Crippen MR) is 60.8 cm³/mol. The highest BCUT2D eigenvalue weighted by atomic mass is 16.6. The van der Waals surface area contributed by atoms with Gasteiger partial charge in [0.2, 0.25) is 0 Å². The van der Waals surface area contributed by atoms with Crippen LogP contribution in [0.5, 0.6) is 5.75 Å². The highest BCUT2D eigenvalue weighted by molar-refractivity contribution is 5.77. The zero-order valence-electron chi connectivity index (χ0n) is 9.53. The summed E-state index contributed by atoms with van der Waals surface area (Å²) in [5.41, 5.74) is -0.198. The van der Waals surface area contributed by atoms with Gasteiger partial charge in [0.05, 0.1) is 4.92 Å². The lowest BCUT2D eigenvalue weighted by molar-refractivity contribution is -0.386. The molecule has 0 fully saturated rings. The van der Waals surface area contributed by atoms with Gasteiger partial charge in [0, 0.05) is 11.6 Å². The van der Waals surface area contributed by atoms with E-state index in [9.17, 15) is 19.7 Å². The summed E-state index contributed by atoms with van der Waals surface area (Å²) in [7, 11) is 0. The van der Waals surface area contributed by atoms with Crippen molar-refractivity contribution in [1.82, 2.24) is 0 Å². The number of aldehydes is 1. The van der Waals surface area contributed by atoms with Crippen LogP contribution in [0.3, 0.4) is 0 Å². The molecule has 1 rings (SSSR count). The molecule has 1 aromatic carbocycles. The number of rotatable bonds is 6. The minimum Gasteiger partial charge on any atom is -0.479 e. The molecule has 0 radical (unpaired) electrons. The van der Waals surface area contributed by atoms with E-state index in [1.54, 1.807) is 6.92 Å². The molecule has 1 unspecified atom stereocenters. The molecule has 1 N–H and O–H groups in total. The lowest BCUT2D eigenvalue weighted by Gasteiger charge is -2.13. The Bertz CT molecular complexity index is 484. The lowest BCUT2D eigenvalue weighted by Crippen LogP contribution is -2.26. The molecule has 0 saturated heterocycles. The van der Waals surface area contributed by atoms with Gasteiger partial charge in [-0.25, -0.2) is 4.79 Å². The number of aliphatic carboxylic acids is 1. The second-order valence-electron chi connectivity index (χ2n) is 3.46. The first kappa shape index (κ1) is 13.6. The molecule has 96 valence electrons. The summed E-state index contributed by atoms with van der Waals surface area (Å²) >= 11 is 0. The van der Waals surface area contributed by atoms with E-state index in [1.807, 2.05) is 0 Å². The molecule has 7 nitrogen and oxygen atoms in total. The van der Waals surface area contributed by atoms with Crippen LogP contribution in [0.25, 0.3) is 0 Å². The van der Waals surface area contributed by atoms with Crippen LogP contribution in [-0.2, 0) is 4.79 Å². The van der Waals surface area contributed by atoms with Crippen molar-refractivity contribution in [1.29, 1.82) is 0 Å². The van der Waals surface area contributed by atoms with Gasteiger partial charge < -0.3 is 9.84 Å². The predicted octanol–water partition coefficient (Wildman–Crippen LogP) is 1.65. The van der Waals surface area contributed by atoms with Crippen LogP contribution in [0.1, 0.15) is 23.7 Å². The second-order valence-corrected chi connectivity index (χ2v) is 3.46. The summed E-state index contributed by atoms with van der Waals surface area (Å²) in [6, 6.07) is 3.52. The fraction of sp³-hybridized carbons (Fsp3) is 0.273. The highest BCUT2D eigenvalue weighted by Crippen LogP contribution is 2.28. The third kappa shape index (κ3) is 3.03. The summed E-state index contributed by atoms with van der Waals surface area (Å²) in [6.45, 7) is 1.58. The maximum atomic E-state index is 10.8. The van der Waals surface area contributed by atoms with Crippen molar-refractivity contribution in [3.05, 3.63) is 33.9 Å². The van der Waals surface area contributed by atoms with Crippen LogP contribution in [0, 0.1) is 10.1 Å².